The summed E-state index contributed by atoms with van der Waals surface area (Å²) < 4.78 is 93.7. The smallest absolute Gasteiger partial charge is 0.309 e. The summed E-state index contributed by atoms with van der Waals surface area (Å²) >= 11 is 0. The van der Waals surface area contributed by atoms with Crippen LogP contribution in [0.1, 0.15) is 38.9 Å². The van der Waals surface area contributed by atoms with Crippen LogP contribution in [0.5, 0.6) is 0 Å². The van der Waals surface area contributed by atoms with Crippen LogP contribution in [-0.2, 0) is 12.4 Å². The zero-order valence-corrected chi connectivity index (χ0v) is 38.1. The molecule has 11 rings (SSSR count). The molecule has 0 amide bonds. The van der Waals surface area contributed by atoms with Crippen LogP contribution in [-0.4, -0.2) is 9.13 Å². The largest absolute Gasteiger partial charge is 0.417 e. The lowest BCUT2D eigenvalue weighted by Crippen LogP contribution is -2.14. The Morgan fingerprint density at radius 1 is 0.311 bits per heavy atom. The van der Waals surface area contributed by atoms with Gasteiger partial charge < -0.3 is 9.13 Å². The molecule has 0 fully saturated rings. The number of para-hydroxylation sites is 2. The molecule has 2 heterocycles. The number of nitriles is 5. The van der Waals surface area contributed by atoms with Crippen molar-refractivity contribution in [2.24, 2.45) is 0 Å². The zero-order chi connectivity index (χ0) is 51.6. The summed E-state index contributed by atoms with van der Waals surface area (Å²) in [5, 5.41) is 52.5. The lowest BCUT2D eigenvalue weighted by molar-refractivity contribution is -0.142. The number of nitrogens with zero attached hydrogens (tertiary/aromatic N) is 7. The van der Waals surface area contributed by atoms with Crippen LogP contribution in [0, 0.1) is 56.7 Å². The molecule has 7 nitrogen and oxygen atoms in total. The van der Waals surface area contributed by atoms with Crippen molar-refractivity contribution in [2.45, 2.75) is 12.4 Å². The van der Waals surface area contributed by atoms with Crippen LogP contribution in [0.2, 0.25) is 0 Å². The van der Waals surface area contributed by atoms with Gasteiger partial charge >= 0.3 is 12.4 Å². The maximum Gasteiger partial charge on any atom is 0.417 e. The Bertz CT molecular complexity index is 4330. The summed E-state index contributed by atoms with van der Waals surface area (Å²) in [6.07, 6.45) is -10.4. The average molecular weight is 974 g/mol. The summed E-state index contributed by atoms with van der Waals surface area (Å²) in [5.41, 5.74) is 3.54. The Balaban J connectivity index is 1.23. The number of halogens is 6. The molecule has 0 atom stereocenters. The van der Waals surface area contributed by atoms with Crippen LogP contribution in [0.25, 0.3) is 99.5 Å². The van der Waals surface area contributed by atoms with E-state index in [1.807, 2.05) is 59.2 Å². The standard InChI is InChI=1S/C61H29F6N7/c62-60(63,64)51-8-5-9-52(61(65,66)67)59(51)42-13-16-47(58(29-42)74-54-11-4-2-7-46(54)50-28-41(15-19-57(50)74)44-24-38(33-71)21-39(25-44)34-72)48-26-35(30-68)12-17-55(48)73-53-10-3-1-6-45(53)49-27-40(14-18-56(49)73)43-22-36(31-69)20-37(23-43)32-70/h1-29H. The maximum atomic E-state index is 15.0. The minimum atomic E-state index is -5.19. The molecule has 0 saturated carbocycles. The van der Waals surface area contributed by atoms with Crippen molar-refractivity contribution < 1.29 is 26.3 Å². The summed E-state index contributed by atoms with van der Waals surface area (Å²) in [4.78, 5) is 0. The van der Waals surface area contributed by atoms with Gasteiger partial charge in [-0.2, -0.15) is 52.7 Å². The Kier molecular flexibility index (Phi) is 10.9. The maximum absolute atomic E-state index is 15.0. The van der Waals surface area contributed by atoms with Gasteiger partial charge in [0, 0.05) is 38.2 Å². The molecule has 0 N–H and O–H groups in total. The third-order valence-corrected chi connectivity index (χ3v) is 13.3. The van der Waals surface area contributed by atoms with Gasteiger partial charge in [0.25, 0.3) is 0 Å². The van der Waals surface area contributed by atoms with E-state index in [2.05, 4.69) is 30.3 Å². The first kappa shape index (κ1) is 46.0. The van der Waals surface area contributed by atoms with Gasteiger partial charge in [-0.1, -0.05) is 66.7 Å². The Hall–Kier alpha value is -10.4. The van der Waals surface area contributed by atoms with E-state index in [4.69, 9.17) is 0 Å². The molecule has 0 aliphatic carbocycles. The van der Waals surface area contributed by atoms with Gasteiger partial charge in [0.2, 0.25) is 0 Å². The highest BCUT2D eigenvalue weighted by Gasteiger charge is 2.41. The SMILES string of the molecule is N#Cc1cc(C#N)cc(-c2ccc3c(c2)c2ccccc2n3-c2ccc(C#N)cc2-c2ccc(-c3c(C(F)(F)F)cccc3C(F)(F)F)cc2-n2c3ccccc3c3cc(-c4cc(C#N)cc(C#N)c4)ccc32)c1. The Morgan fingerprint density at radius 2 is 0.743 bits per heavy atom. The van der Waals surface area contributed by atoms with Crippen LogP contribution in [0.4, 0.5) is 26.3 Å². The predicted molar refractivity (Wildman–Crippen MR) is 270 cm³/mol. The molecule has 0 aliphatic heterocycles. The number of hydrogen-bond donors (Lipinski definition) is 0. The third-order valence-electron chi connectivity index (χ3n) is 13.3. The predicted octanol–water partition coefficient (Wildman–Crippen LogP) is 15.9. The van der Waals surface area contributed by atoms with Crippen molar-refractivity contribution in [3.63, 3.8) is 0 Å². The molecule has 11 aromatic rings. The molecule has 0 aliphatic rings. The lowest BCUT2D eigenvalue weighted by Gasteiger charge is -2.22. The third kappa shape index (κ3) is 7.69. The number of alkyl halides is 6. The highest BCUT2D eigenvalue weighted by molar-refractivity contribution is 6.13. The van der Waals surface area contributed by atoms with Crippen molar-refractivity contribution in [3.05, 3.63) is 215 Å². The molecule has 0 unspecified atom stereocenters. The molecule has 0 spiro atoms. The minimum absolute atomic E-state index is 0.190. The summed E-state index contributed by atoms with van der Waals surface area (Å²) in [6, 6.07) is 57.3. The van der Waals surface area contributed by atoms with Gasteiger partial charge in [-0.3, -0.25) is 0 Å². The molecule has 0 bridgehead atoms. The second kappa shape index (κ2) is 17.5. The Labute approximate surface area is 417 Å². The number of rotatable bonds is 6. The normalized spacial score (nSPS) is 11.6. The molecule has 350 valence electrons. The topological polar surface area (TPSA) is 129 Å². The Morgan fingerprint density at radius 3 is 1.20 bits per heavy atom. The molecular formula is C61H29F6N7. The fourth-order valence-corrected chi connectivity index (χ4v) is 10.1. The van der Waals surface area contributed by atoms with Crippen LogP contribution < -0.4 is 0 Å². The van der Waals surface area contributed by atoms with Crippen LogP contribution in [0.15, 0.2) is 176 Å². The molecule has 9 aromatic carbocycles. The van der Waals surface area contributed by atoms with E-state index in [1.165, 1.54) is 30.3 Å². The fourth-order valence-electron chi connectivity index (χ4n) is 10.1. The second-order valence-electron chi connectivity index (χ2n) is 17.5. The highest BCUT2D eigenvalue weighted by atomic mass is 19.4. The molecule has 0 radical (unpaired) electrons. The molecule has 2 aromatic heterocycles. The zero-order valence-electron chi connectivity index (χ0n) is 38.1. The number of benzene rings is 9. The van der Waals surface area contributed by atoms with E-state index in [0.29, 0.717) is 84.1 Å². The fraction of sp³-hybridized carbons (Fsp3) is 0.0328. The van der Waals surface area contributed by atoms with E-state index in [1.54, 1.807) is 77.4 Å². The first-order valence-electron chi connectivity index (χ1n) is 22.7. The monoisotopic (exact) mass is 973 g/mol. The van der Waals surface area contributed by atoms with Crippen LogP contribution in [0.3, 0.4) is 0 Å². The number of hydrogen-bond acceptors (Lipinski definition) is 5. The second-order valence-corrected chi connectivity index (χ2v) is 17.5. The van der Waals surface area contributed by atoms with E-state index in [0.717, 1.165) is 27.9 Å². The van der Waals surface area contributed by atoms with Crippen molar-refractivity contribution in [3.8, 4) is 86.2 Å². The molecule has 74 heavy (non-hydrogen) atoms. The summed E-state index contributed by atoms with van der Waals surface area (Å²) in [6.45, 7) is 0. The lowest BCUT2D eigenvalue weighted by atomic mass is 9.90. The quantitative estimate of drug-likeness (QED) is 0.153. The minimum Gasteiger partial charge on any atom is -0.309 e. The van der Waals surface area contributed by atoms with Crippen molar-refractivity contribution in [2.75, 3.05) is 0 Å². The van der Waals surface area contributed by atoms with Crippen LogP contribution >= 0.6 is 0 Å². The van der Waals surface area contributed by atoms with Gasteiger partial charge in [-0.25, -0.2) is 0 Å². The van der Waals surface area contributed by atoms with Gasteiger partial charge in [0.15, 0.2) is 0 Å². The molecular weight excluding hydrogens is 945 g/mol. The van der Waals surface area contributed by atoms with Gasteiger partial charge in [-0.15, -0.1) is 0 Å². The van der Waals surface area contributed by atoms with E-state index >= 15 is 0 Å². The number of fused-ring (bicyclic) bond motifs is 6. The van der Waals surface area contributed by atoms with Gasteiger partial charge in [-0.05, 0) is 137 Å². The van der Waals surface area contributed by atoms with E-state index < -0.39 is 29.0 Å². The first-order chi connectivity index (χ1) is 35.7. The van der Waals surface area contributed by atoms with Gasteiger partial charge in [0.05, 0.1) is 103 Å². The van der Waals surface area contributed by atoms with Gasteiger partial charge in [0.1, 0.15) is 0 Å². The number of aromatic nitrogens is 2. The molecule has 0 saturated heterocycles. The van der Waals surface area contributed by atoms with Crippen molar-refractivity contribution >= 4 is 43.6 Å². The van der Waals surface area contributed by atoms with E-state index in [9.17, 15) is 52.7 Å². The highest BCUT2D eigenvalue weighted by Crippen LogP contribution is 2.48. The van der Waals surface area contributed by atoms with E-state index in [-0.39, 0.29) is 27.9 Å². The average Bonchev–Trinajstić information content (AvgIpc) is 3.94. The first-order valence-corrected chi connectivity index (χ1v) is 22.7. The molecule has 13 heteroatoms. The summed E-state index contributed by atoms with van der Waals surface area (Å²) in [5.74, 6) is 0. The van der Waals surface area contributed by atoms with Crippen molar-refractivity contribution in [1.29, 1.82) is 26.3 Å². The van der Waals surface area contributed by atoms with Crippen molar-refractivity contribution in [1.82, 2.24) is 9.13 Å². The summed E-state index contributed by atoms with van der Waals surface area (Å²) in [7, 11) is 0.